The Balaban J connectivity index is 1.15. The van der Waals surface area contributed by atoms with Crippen LogP contribution in [0.5, 0.6) is 5.75 Å². The largest absolute Gasteiger partial charge is 0.489 e. The van der Waals surface area contributed by atoms with Crippen LogP contribution in [0.25, 0.3) is 16.6 Å². The molecule has 2 atom stereocenters. The number of hydrogen-bond acceptors (Lipinski definition) is 7. The molecular weight excluding hydrogens is 512 g/mol. The van der Waals surface area contributed by atoms with Crippen molar-refractivity contribution in [2.75, 3.05) is 31.1 Å². The minimum atomic E-state index is -0.963. The normalized spacial score (nSPS) is 18.1. The molecule has 3 fully saturated rings. The van der Waals surface area contributed by atoms with Crippen molar-refractivity contribution in [3.63, 3.8) is 0 Å². The van der Waals surface area contributed by atoms with Crippen molar-refractivity contribution in [2.24, 2.45) is 0 Å². The lowest BCUT2D eigenvalue weighted by Crippen LogP contribution is -2.68. The summed E-state index contributed by atoms with van der Waals surface area (Å²) in [6.07, 6.45) is 19.3. The summed E-state index contributed by atoms with van der Waals surface area (Å²) in [7, 11) is 0. The van der Waals surface area contributed by atoms with E-state index in [1.54, 1.807) is 37.0 Å². The molecule has 3 aliphatic rings. The zero-order valence-electron chi connectivity index (χ0n) is 23.1. The molecule has 1 N–H and O–H groups in total. The second-order valence-electron chi connectivity index (χ2n) is 11.1. The lowest BCUT2D eigenvalue weighted by Gasteiger charge is -2.56. The van der Waals surface area contributed by atoms with Gasteiger partial charge in [-0.1, -0.05) is 17.8 Å². The number of rotatable bonds is 6. The summed E-state index contributed by atoms with van der Waals surface area (Å²) in [5, 5.41) is 14.5. The maximum absolute atomic E-state index is 10.1. The summed E-state index contributed by atoms with van der Waals surface area (Å²) in [6, 6.07) is 10.7. The molecule has 0 spiro atoms. The van der Waals surface area contributed by atoms with Crippen LogP contribution in [-0.4, -0.2) is 73.5 Å². The predicted molar refractivity (Wildman–Crippen MR) is 158 cm³/mol. The van der Waals surface area contributed by atoms with Gasteiger partial charge in [0.2, 0.25) is 0 Å². The highest BCUT2D eigenvalue weighted by Gasteiger charge is 2.44. The molecule has 2 unspecified atom stereocenters. The number of hydrogen-bond donors (Lipinski definition) is 1. The summed E-state index contributed by atoms with van der Waals surface area (Å²) in [6.45, 7) is 6.10. The van der Waals surface area contributed by atoms with E-state index in [1.807, 2.05) is 24.4 Å². The predicted octanol–water partition coefficient (Wildman–Crippen LogP) is 3.22. The van der Waals surface area contributed by atoms with Crippen LogP contribution in [0.4, 0.5) is 5.82 Å². The van der Waals surface area contributed by atoms with Gasteiger partial charge in [0.15, 0.2) is 0 Å². The first kappa shape index (κ1) is 26.4. The minimum Gasteiger partial charge on any atom is -0.489 e. The van der Waals surface area contributed by atoms with Crippen LogP contribution in [0.3, 0.4) is 0 Å². The van der Waals surface area contributed by atoms with Gasteiger partial charge >= 0.3 is 0 Å². The molecule has 0 radical (unpaired) electrons. The van der Waals surface area contributed by atoms with Crippen LogP contribution in [0.2, 0.25) is 0 Å². The van der Waals surface area contributed by atoms with Gasteiger partial charge in [-0.25, -0.2) is 14.5 Å². The second kappa shape index (κ2) is 10.6. The van der Waals surface area contributed by atoms with E-state index in [-0.39, 0.29) is 6.61 Å². The maximum Gasteiger partial charge on any atom is 0.138 e. The Kier molecular flexibility index (Phi) is 6.85. The standard InChI is InChI=1S/C33H30N6O2/c1-5-23-9-11-26(34-16-23)8-7-13-38-27-14-28(38)20-37(19-27)31-12-10-25(17-35-31)30-15-29(41-22-33(3,4)40)21-39-32(30)24(6-2)18-36-39/h1-2,9-12,15-18,21,27-28,40H,13-14,19-20,22H2,3-4H3. The molecule has 4 aromatic rings. The second-order valence-corrected chi connectivity index (χ2v) is 11.1. The summed E-state index contributed by atoms with van der Waals surface area (Å²) in [5.74, 6) is 13.3. The third kappa shape index (κ3) is 5.47. The highest BCUT2D eigenvalue weighted by molar-refractivity contribution is 5.85. The molecule has 3 saturated heterocycles. The molecule has 4 aromatic heterocycles. The SMILES string of the molecule is C#Cc1ccc(C#CCN2C3CC2CN(c2ccc(-c4cc(OCC(C)(C)O)cn5ncc(C#C)c45)cn2)C3)nc1. The van der Waals surface area contributed by atoms with Crippen LogP contribution in [0, 0.1) is 36.5 Å². The van der Waals surface area contributed by atoms with E-state index in [1.165, 1.54) is 6.42 Å². The zero-order chi connectivity index (χ0) is 28.6. The molecule has 8 heteroatoms. The Bertz CT molecular complexity index is 1710. The smallest absolute Gasteiger partial charge is 0.138 e. The molecule has 0 saturated carbocycles. The summed E-state index contributed by atoms with van der Waals surface area (Å²) in [5.41, 5.74) is 3.82. The van der Waals surface area contributed by atoms with Gasteiger partial charge in [-0.05, 0) is 56.5 Å². The van der Waals surface area contributed by atoms with Gasteiger partial charge in [0.05, 0.1) is 35.6 Å². The fourth-order valence-electron chi connectivity index (χ4n) is 5.40. The Morgan fingerprint density at radius 2 is 1.88 bits per heavy atom. The Morgan fingerprint density at radius 3 is 2.54 bits per heavy atom. The molecule has 41 heavy (non-hydrogen) atoms. The van der Waals surface area contributed by atoms with Crippen molar-refractivity contribution >= 4 is 11.3 Å². The molecular formula is C33H30N6O2. The third-order valence-electron chi connectivity index (χ3n) is 7.47. The number of terminal acetylenes is 2. The lowest BCUT2D eigenvalue weighted by molar-refractivity contribution is 0.0125. The van der Waals surface area contributed by atoms with Crippen molar-refractivity contribution in [2.45, 2.75) is 38.0 Å². The van der Waals surface area contributed by atoms with Crippen LogP contribution >= 0.6 is 0 Å². The minimum absolute atomic E-state index is 0.148. The van der Waals surface area contributed by atoms with Crippen molar-refractivity contribution in [3.8, 4) is 53.4 Å². The van der Waals surface area contributed by atoms with E-state index in [2.05, 4.69) is 55.7 Å². The number of aliphatic hydroxyl groups is 1. The van der Waals surface area contributed by atoms with Crippen LogP contribution in [-0.2, 0) is 0 Å². The average molecular weight is 543 g/mol. The summed E-state index contributed by atoms with van der Waals surface area (Å²) in [4.78, 5) is 13.9. The molecule has 8 nitrogen and oxygen atoms in total. The van der Waals surface area contributed by atoms with Gasteiger partial charge in [-0.2, -0.15) is 5.10 Å². The van der Waals surface area contributed by atoms with Gasteiger partial charge in [0.1, 0.15) is 23.9 Å². The zero-order valence-corrected chi connectivity index (χ0v) is 23.1. The highest BCUT2D eigenvalue weighted by Crippen LogP contribution is 2.35. The van der Waals surface area contributed by atoms with Gasteiger partial charge in [-0.15, -0.1) is 12.8 Å². The lowest BCUT2D eigenvalue weighted by atomic mass is 9.87. The van der Waals surface area contributed by atoms with E-state index in [4.69, 9.17) is 22.6 Å². The molecule has 3 aliphatic heterocycles. The molecule has 7 heterocycles. The van der Waals surface area contributed by atoms with Gasteiger partial charge in [0, 0.05) is 54.3 Å². The molecule has 0 amide bonds. The van der Waals surface area contributed by atoms with E-state index in [9.17, 15) is 5.11 Å². The highest BCUT2D eigenvalue weighted by atomic mass is 16.5. The van der Waals surface area contributed by atoms with Crippen LogP contribution in [0.15, 0.2) is 55.1 Å². The van der Waals surface area contributed by atoms with Gasteiger partial charge in [-0.3, -0.25) is 4.90 Å². The van der Waals surface area contributed by atoms with E-state index >= 15 is 0 Å². The Morgan fingerprint density at radius 1 is 1.05 bits per heavy atom. The maximum atomic E-state index is 10.1. The fraction of sp³-hybridized carbons (Fsp3) is 0.303. The first-order chi connectivity index (χ1) is 19.8. The molecule has 0 aromatic carbocycles. The number of anilines is 1. The topological polar surface area (TPSA) is 79.0 Å². The van der Waals surface area contributed by atoms with E-state index < -0.39 is 5.60 Å². The first-order valence-electron chi connectivity index (χ1n) is 13.5. The van der Waals surface area contributed by atoms with Crippen molar-refractivity contribution in [1.29, 1.82) is 0 Å². The number of ether oxygens (including phenoxy) is 1. The number of pyridine rings is 3. The molecule has 7 rings (SSSR count). The van der Waals surface area contributed by atoms with Gasteiger partial charge < -0.3 is 14.7 Å². The monoisotopic (exact) mass is 542 g/mol. The number of fused-ring (bicyclic) bond motifs is 3. The number of nitrogens with zero attached hydrogens (tertiary/aromatic N) is 6. The van der Waals surface area contributed by atoms with Gasteiger partial charge in [0.25, 0.3) is 0 Å². The van der Waals surface area contributed by atoms with Crippen molar-refractivity contribution < 1.29 is 9.84 Å². The Labute approximate surface area is 240 Å². The molecule has 0 aliphatic carbocycles. The quantitative estimate of drug-likeness (QED) is 0.375. The van der Waals surface area contributed by atoms with Crippen molar-refractivity contribution in [1.82, 2.24) is 24.5 Å². The average Bonchev–Trinajstić information content (AvgIpc) is 3.41. The fourth-order valence-corrected chi connectivity index (χ4v) is 5.40. The molecule has 204 valence electrons. The first-order valence-corrected chi connectivity index (χ1v) is 13.5. The number of aromatic nitrogens is 4. The summed E-state index contributed by atoms with van der Waals surface area (Å²) >= 11 is 0. The molecule has 2 bridgehead atoms. The van der Waals surface area contributed by atoms with Crippen LogP contribution in [0.1, 0.15) is 37.1 Å². The van der Waals surface area contributed by atoms with Crippen LogP contribution < -0.4 is 9.64 Å². The third-order valence-corrected chi connectivity index (χ3v) is 7.47. The Hall–Kier alpha value is -4.81. The van der Waals surface area contributed by atoms with E-state index in [0.717, 1.165) is 53.4 Å². The van der Waals surface area contributed by atoms with E-state index in [0.29, 0.717) is 23.4 Å². The number of piperidine rings is 1. The van der Waals surface area contributed by atoms with Crippen molar-refractivity contribution in [3.05, 3.63) is 71.9 Å². The number of piperazine rings is 1. The summed E-state index contributed by atoms with van der Waals surface area (Å²) < 4.78 is 7.59.